The summed E-state index contributed by atoms with van der Waals surface area (Å²) in [6.45, 7) is 0.292. The zero-order chi connectivity index (χ0) is 21.8. The number of ether oxygens (including phenoxy) is 1. The molecular weight excluding hydrogens is 465 g/mol. The van der Waals surface area contributed by atoms with Crippen LogP contribution in [0, 0.1) is 5.82 Å². The number of carbonyl (C=O) groups excluding carboxylic acids is 2. The Bertz CT molecular complexity index is 1230. The summed E-state index contributed by atoms with van der Waals surface area (Å²) in [4.78, 5) is 31.4. The molecule has 2 aliphatic rings. The van der Waals surface area contributed by atoms with Crippen LogP contribution in [-0.4, -0.2) is 30.1 Å². The van der Waals surface area contributed by atoms with Crippen molar-refractivity contribution in [1.29, 1.82) is 0 Å². The Hall–Kier alpha value is -3.00. The van der Waals surface area contributed by atoms with E-state index in [2.05, 4.69) is 31.0 Å². The van der Waals surface area contributed by atoms with Gasteiger partial charge in [0.15, 0.2) is 0 Å². The van der Waals surface area contributed by atoms with Crippen LogP contribution in [0.2, 0.25) is 0 Å². The van der Waals surface area contributed by atoms with Crippen molar-refractivity contribution in [2.45, 2.75) is 30.8 Å². The van der Waals surface area contributed by atoms with Crippen LogP contribution in [0.15, 0.2) is 53.1 Å². The van der Waals surface area contributed by atoms with Crippen LogP contribution in [0.25, 0.3) is 10.8 Å². The first-order chi connectivity index (χ1) is 14.9. The van der Waals surface area contributed by atoms with E-state index in [9.17, 15) is 14.0 Å². The number of carbonyl (C=O) groups is 2. The molecule has 0 unspecified atom stereocenters. The number of rotatable bonds is 3. The highest BCUT2D eigenvalue weighted by Gasteiger charge is 2.58. The van der Waals surface area contributed by atoms with E-state index in [1.165, 1.54) is 19.2 Å². The maximum absolute atomic E-state index is 13.6. The van der Waals surface area contributed by atoms with Gasteiger partial charge >= 0.3 is 6.09 Å². The maximum Gasteiger partial charge on any atom is 0.407 e. The SMILES string of the molecule is COC(=O)NC1CC2(C1)C(=O)N(Cc1ncc3cc(F)ccc3c1Br)c1ccccc12. The second kappa shape index (κ2) is 7.30. The molecule has 6 nitrogen and oxygen atoms in total. The fourth-order valence-electron chi connectivity index (χ4n) is 4.72. The highest BCUT2D eigenvalue weighted by Crippen LogP contribution is 2.54. The van der Waals surface area contributed by atoms with E-state index < -0.39 is 11.5 Å². The van der Waals surface area contributed by atoms with Crippen molar-refractivity contribution in [1.82, 2.24) is 10.3 Å². The number of nitrogens with zero attached hydrogens (tertiary/aromatic N) is 2. The molecule has 0 atom stereocenters. The molecule has 158 valence electrons. The average molecular weight is 484 g/mol. The standard InChI is InChI=1S/C23H19BrFN3O3/c1-31-22(30)27-15-9-23(10-15)17-4-2-3-5-19(17)28(21(23)29)12-18-20(24)16-7-6-14(25)8-13(16)11-26-18/h2-8,11,15H,9-10,12H2,1H3,(H,27,30). The van der Waals surface area contributed by atoms with Crippen molar-refractivity contribution in [3.63, 3.8) is 0 Å². The topological polar surface area (TPSA) is 71.5 Å². The number of aromatic nitrogens is 1. The molecule has 2 aromatic carbocycles. The van der Waals surface area contributed by atoms with E-state index in [1.807, 2.05) is 24.3 Å². The number of methoxy groups -OCH3 is 1. The van der Waals surface area contributed by atoms with E-state index >= 15 is 0 Å². The van der Waals surface area contributed by atoms with Crippen LogP contribution >= 0.6 is 15.9 Å². The van der Waals surface area contributed by atoms with Gasteiger partial charge in [-0.3, -0.25) is 9.78 Å². The van der Waals surface area contributed by atoms with E-state index in [0.29, 0.717) is 30.5 Å². The van der Waals surface area contributed by atoms with Gasteiger partial charge in [0.2, 0.25) is 5.91 Å². The lowest BCUT2D eigenvalue weighted by Gasteiger charge is -2.43. The van der Waals surface area contributed by atoms with Crippen molar-refractivity contribution in [2.75, 3.05) is 12.0 Å². The molecule has 5 rings (SSSR count). The van der Waals surface area contributed by atoms with Gasteiger partial charge in [0.25, 0.3) is 0 Å². The second-order valence-corrected chi connectivity index (χ2v) is 8.78. The first kappa shape index (κ1) is 19.9. The van der Waals surface area contributed by atoms with Gasteiger partial charge in [0.1, 0.15) is 5.82 Å². The first-order valence-corrected chi connectivity index (χ1v) is 10.7. The number of hydrogen-bond acceptors (Lipinski definition) is 4. The summed E-state index contributed by atoms with van der Waals surface area (Å²) in [5, 5.41) is 4.32. The third-order valence-electron chi connectivity index (χ3n) is 6.23. The molecule has 0 saturated heterocycles. The van der Waals surface area contributed by atoms with Gasteiger partial charge in [-0.2, -0.15) is 0 Å². The number of alkyl carbamates (subject to hydrolysis) is 1. The average Bonchev–Trinajstić information content (AvgIpc) is 2.98. The molecule has 3 aromatic rings. The minimum absolute atomic E-state index is 0.00418. The Balaban J connectivity index is 1.47. The largest absolute Gasteiger partial charge is 0.453 e. The quantitative estimate of drug-likeness (QED) is 0.597. The third-order valence-corrected chi connectivity index (χ3v) is 7.12. The molecule has 31 heavy (non-hydrogen) atoms. The van der Waals surface area contributed by atoms with Crippen LogP contribution in [0.5, 0.6) is 0 Å². The summed E-state index contributed by atoms with van der Waals surface area (Å²) in [5.41, 5.74) is 1.89. The summed E-state index contributed by atoms with van der Waals surface area (Å²) in [5.74, 6) is -0.316. The van der Waals surface area contributed by atoms with Gasteiger partial charge in [0, 0.05) is 27.8 Å². The zero-order valence-corrected chi connectivity index (χ0v) is 18.3. The number of para-hydroxylation sites is 1. The molecular formula is C23H19BrFN3O3. The predicted octanol–water partition coefficient (Wildman–Crippen LogP) is 4.44. The fourth-order valence-corrected chi connectivity index (χ4v) is 5.31. The third kappa shape index (κ3) is 3.08. The number of amides is 2. The molecule has 1 spiro atoms. The van der Waals surface area contributed by atoms with Gasteiger partial charge in [-0.25, -0.2) is 9.18 Å². The van der Waals surface area contributed by atoms with Crippen LogP contribution in [0.3, 0.4) is 0 Å². The highest BCUT2D eigenvalue weighted by atomic mass is 79.9. The highest BCUT2D eigenvalue weighted by molar-refractivity contribution is 9.10. The van der Waals surface area contributed by atoms with Gasteiger partial charge in [0.05, 0.1) is 24.8 Å². The smallest absolute Gasteiger partial charge is 0.407 e. The molecule has 8 heteroatoms. The molecule has 1 fully saturated rings. The molecule has 1 aliphatic carbocycles. The van der Waals surface area contributed by atoms with Crippen LogP contribution in [-0.2, 0) is 21.5 Å². The van der Waals surface area contributed by atoms with Gasteiger partial charge in [-0.15, -0.1) is 0 Å². The molecule has 2 heterocycles. The normalized spacial score (nSPS) is 21.8. The van der Waals surface area contributed by atoms with Crippen molar-refractivity contribution < 1.29 is 18.7 Å². The van der Waals surface area contributed by atoms with Crippen molar-refractivity contribution in [2.24, 2.45) is 0 Å². The molecule has 1 aromatic heterocycles. The number of nitrogens with one attached hydrogen (secondary N) is 1. The summed E-state index contributed by atoms with van der Waals surface area (Å²) in [6.07, 6.45) is 2.19. The lowest BCUT2D eigenvalue weighted by atomic mass is 9.62. The Morgan fingerprint density at radius 3 is 2.87 bits per heavy atom. The summed E-state index contributed by atoms with van der Waals surface area (Å²) < 4.78 is 19.0. The zero-order valence-electron chi connectivity index (χ0n) is 16.7. The van der Waals surface area contributed by atoms with Crippen LogP contribution in [0.4, 0.5) is 14.9 Å². The van der Waals surface area contributed by atoms with E-state index in [0.717, 1.165) is 21.1 Å². The molecule has 1 aliphatic heterocycles. The molecule has 0 radical (unpaired) electrons. The summed E-state index contributed by atoms with van der Waals surface area (Å²) in [6, 6.07) is 12.2. The van der Waals surface area contributed by atoms with E-state index in [-0.39, 0.29) is 17.8 Å². The van der Waals surface area contributed by atoms with Crippen molar-refractivity contribution in [3.8, 4) is 0 Å². The predicted molar refractivity (Wildman–Crippen MR) is 117 cm³/mol. The summed E-state index contributed by atoms with van der Waals surface area (Å²) >= 11 is 3.59. The van der Waals surface area contributed by atoms with Crippen LogP contribution < -0.4 is 10.2 Å². The second-order valence-electron chi connectivity index (χ2n) is 7.98. The Morgan fingerprint density at radius 1 is 1.32 bits per heavy atom. The lowest BCUT2D eigenvalue weighted by molar-refractivity contribution is -0.127. The number of halogens is 2. The summed E-state index contributed by atoms with van der Waals surface area (Å²) in [7, 11) is 1.32. The monoisotopic (exact) mass is 483 g/mol. The lowest BCUT2D eigenvalue weighted by Crippen LogP contribution is -2.57. The molecule has 2 amide bonds. The number of hydrogen-bond donors (Lipinski definition) is 1. The molecule has 0 bridgehead atoms. The molecule has 1 saturated carbocycles. The minimum Gasteiger partial charge on any atom is -0.453 e. The minimum atomic E-state index is -0.644. The van der Waals surface area contributed by atoms with Gasteiger partial charge in [-0.05, 0) is 57.9 Å². The van der Waals surface area contributed by atoms with Gasteiger partial charge in [-0.1, -0.05) is 24.3 Å². The van der Waals surface area contributed by atoms with E-state index in [1.54, 1.807) is 17.2 Å². The fraction of sp³-hybridized carbons (Fsp3) is 0.261. The number of benzene rings is 2. The van der Waals surface area contributed by atoms with E-state index in [4.69, 9.17) is 0 Å². The number of pyridine rings is 1. The van der Waals surface area contributed by atoms with Crippen molar-refractivity contribution in [3.05, 3.63) is 70.2 Å². The van der Waals surface area contributed by atoms with Gasteiger partial charge < -0.3 is 15.0 Å². The Morgan fingerprint density at radius 2 is 2.10 bits per heavy atom. The number of anilines is 1. The van der Waals surface area contributed by atoms with Crippen molar-refractivity contribution >= 4 is 44.4 Å². The maximum atomic E-state index is 13.6. The Kier molecular flexibility index (Phi) is 4.69. The van der Waals surface area contributed by atoms with Crippen LogP contribution in [0.1, 0.15) is 24.1 Å². The Labute approximate surface area is 186 Å². The first-order valence-electron chi connectivity index (χ1n) is 9.91. The number of fused-ring (bicyclic) bond motifs is 3. The molecule has 1 N–H and O–H groups in total.